The lowest BCUT2D eigenvalue weighted by atomic mass is 9.84. The lowest BCUT2D eigenvalue weighted by Crippen LogP contribution is -2.53. The van der Waals surface area contributed by atoms with Crippen molar-refractivity contribution in [2.45, 2.75) is 71.4 Å². The second-order valence-electron chi connectivity index (χ2n) is 9.89. The molecule has 0 bridgehead atoms. The Labute approximate surface area is 206 Å². The lowest BCUT2D eigenvalue weighted by Gasteiger charge is -2.36. The van der Waals surface area contributed by atoms with E-state index in [4.69, 9.17) is 21.4 Å². The Balaban J connectivity index is 1.59. The fourth-order valence-electron chi connectivity index (χ4n) is 4.85. The minimum Gasteiger partial charge on any atom is -0.478 e. The van der Waals surface area contributed by atoms with E-state index in [9.17, 15) is 13.2 Å². The van der Waals surface area contributed by atoms with Gasteiger partial charge in [-0.05, 0) is 53.4 Å². The van der Waals surface area contributed by atoms with Crippen molar-refractivity contribution in [3.8, 4) is 17.1 Å². The molecule has 0 aromatic carbocycles. The number of amides is 1. The summed E-state index contributed by atoms with van der Waals surface area (Å²) in [5.41, 5.74) is 3.30. The average molecular weight is 509 g/mol. The van der Waals surface area contributed by atoms with Crippen LogP contribution >= 0.6 is 11.6 Å². The highest BCUT2D eigenvalue weighted by atomic mass is 35.5. The van der Waals surface area contributed by atoms with Crippen LogP contribution in [0.4, 0.5) is 0 Å². The van der Waals surface area contributed by atoms with Gasteiger partial charge >= 0.3 is 0 Å². The van der Waals surface area contributed by atoms with Crippen molar-refractivity contribution >= 4 is 27.3 Å². The van der Waals surface area contributed by atoms with Gasteiger partial charge < -0.3 is 10.1 Å². The molecule has 186 valence electrons. The molecule has 1 atom stereocenters. The molecule has 0 unspecified atom stereocenters. The van der Waals surface area contributed by atoms with Crippen LogP contribution in [0.3, 0.4) is 0 Å². The van der Waals surface area contributed by atoms with Crippen molar-refractivity contribution in [1.82, 2.24) is 20.1 Å². The van der Waals surface area contributed by atoms with Crippen LogP contribution in [0, 0.1) is 5.92 Å². The van der Waals surface area contributed by atoms with Crippen LogP contribution in [-0.4, -0.2) is 52.7 Å². The Morgan fingerprint density at radius 2 is 2.06 bits per heavy atom. The van der Waals surface area contributed by atoms with Crippen molar-refractivity contribution in [3.63, 3.8) is 0 Å². The van der Waals surface area contributed by atoms with Crippen LogP contribution in [0.1, 0.15) is 64.3 Å². The van der Waals surface area contributed by atoms with Gasteiger partial charge in [0.25, 0.3) is 0 Å². The molecule has 0 radical (unpaired) electrons. The maximum Gasteiger partial charge on any atom is 0.223 e. The van der Waals surface area contributed by atoms with E-state index in [0.29, 0.717) is 49.6 Å². The average Bonchev–Trinajstić information content (AvgIpc) is 3.17. The van der Waals surface area contributed by atoms with E-state index in [1.54, 1.807) is 6.20 Å². The number of carbonyl (C=O) groups is 1. The van der Waals surface area contributed by atoms with E-state index in [-0.39, 0.29) is 29.4 Å². The number of ether oxygens (including phenoxy) is 1. The number of nitrogens with zero attached hydrogens (tertiary/aromatic N) is 3. The molecule has 2 aromatic rings. The minimum absolute atomic E-state index is 0.00826. The van der Waals surface area contributed by atoms with Crippen LogP contribution in [0.15, 0.2) is 12.3 Å². The maximum atomic E-state index is 13.2. The molecule has 1 fully saturated rings. The van der Waals surface area contributed by atoms with Crippen molar-refractivity contribution in [3.05, 3.63) is 28.5 Å². The van der Waals surface area contributed by atoms with Crippen molar-refractivity contribution in [2.75, 3.05) is 18.1 Å². The first-order chi connectivity index (χ1) is 16.0. The Bertz CT molecular complexity index is 1180. The van der Waals surface area contributed by atoms with Gasteiger partial charge in [0.15, 0.2) is 0 Å². The van der Waals surface area contributed by atoms with Gasteiger partial charge in [-0.1, -0.05) is 11.6 Å². The standard InChI is InChI=1S/C24H33ClN4O4S/c1-5-33-21-13-18(19(25)14-26-21)22-17-7-6-16(12-20(17)29(28-22)15(2)3)23(30)27-24(4)8-10-34(31,32)11-9-24/h13-16H,5-12H2,1-4H3,(H,27,30)/t16-/m1/s1. The van der Waals surface area contributed by atoms with Crippen LogP contribution in [0.5, 0.6) is 5.88 Å². The number of carbonyl (C=O) groups excluding carboxylic acids is 1. The summed E-state index contributed by atoms with van der Waals surface area (Å²) < 4.78 is 31.2. The van der Waals surface area contributed by atoms with E-state index in [2.05, 4.69) is 24.1 Å². The molecule has 2 aliphatic rings. The topological polar surface area (TPSA) is 103 Å². The van der Waals surface area contributed by atoms with Crippen LogP contribution in [0.25, 0.3) is 11.3 Å². The summed E-state index contributed by atoms with van der Waals surface area (Å²) in [6.45, 7) is 8.51. The predicted octanol–water partition coefficient (Wildman–Crippen LogP) is 3.77. The number of halogens is 1. The van der Waals surface area contributed by atoms with Crippen molar-refractivity contribution < 1.29 is 17.9 Å². The third-order valence-electron chi connectivity index (χ3n) is 6.89. The number of hydrogen-bond acceptors (Lipinski definition) is 6. The Morgan fingerprint density at radius 1 is 1.35 bits per heavy atom. The molecule has 1 saturated heterocycles. The Kier molecular flexibility index (Phi) is 6.97. The third kappa shape index (κ3) is 5.10. The summed E-state index contributed by atoms with van der Waals surface area (Å²) in [4.78, 5) is 17.5. The second-order valence-corrected chi connectivity index (χ2v) is 12.6. The number of sulfone groups is 1. The first kappa shape index (κ1) is 25.0. The normalized spacial score (nSPS) is 21.2. The van der Waals surface area contributed by atoms with Gasteiger partial charge in [-0.25, -0.2) is 13.4 Å². The molecule has 0 saturated carbocycles. The van der Waals surface area contributed by atoms with Crippen LogP contribution < -0.4 is 10.1 Å². The maximum absolute atomic E-state index is 13.2. The zero-order chi connectivity index (χ0) is 24.7. The third-order valence-corrected chi connectivity index (χ3v) is 8.85. The molecule has 1 amide bonds. The molecule has 3 heterocycles. The molecule has 1 aliphatic heterocycles. The van der Waals surface area contributed by atoms with Crippen molar-refractivity contribution in [1.29, 1.82) is 0 Å². The van der Waals surface area contributed by atoms with E-state index in [1.807, 2.05) is 24.6 Å². The highest BCUT2D eigenvalue weighted by Crippen LogP contribution is 2.38. The highest BCUT2D eigenvalue weighted by Gasteiger charge is 2.38. The zero-order valence-electron chi connectivity index (χ0n) is 20.2. The zero-order valence-corrected chi connectivity index (χ0v) is 21.8. The molecular formula is C24H33ClN4O4S. The number of fused-ring (bicyclic) bond motifs is 1. The van der Waals surface area contributed by atoms with E-state index >= 15 is 0 Å². The Hall–Kier alpha value is -2.13. The first-order valence-electron chi connectivity index (χ1n) is 11.9. The van der Waals surface area contributed by atoms with E-state index in [0.717, 1.165) is 22.5 Å². The molecular weight excluding hydrogens is 476 g/mol. The number of hydrogen-bond donors (Lipinski definition) is 1. The SMILES string of the molecule is CCOc1cc(-c2nn(C(C)C)c3c2CC[C@@H](C(=O)NC2(C)CCS(=O)(=O)CC2)C3)c(Cl)cn1. The molecule has 1 aliphatic carbocycles. The fraction of sp³-hybridized carbons (Fsp3) is 0.625. The Morgan fingerprint density at radius 3 is 2.71 bits per heavy atom. The summed E-state index contributed by atoms with van der Waals surface area (Å²) >= 11 is 6.51. The van der Waals surface area contributed by atoms with E-state index < -0.39 is 15.4 Å². The minimum atomic E-state index is -2.99. The smallest absolute Gasteiger partial charge is 0.223 e. The predicted molar refractivity (Wildman–Crippen MR) is 132 cm³/mol. The first-order valence-corrected chi connectivity index (χ1v) is 14.1. The number of rotatable bonds is 6. The fourth-order valence-corrected chi connectivity index (χ4v) is 6.77. The van der Waals surface area contributed by atoms with Gasteiger partial charge in [-0.3, -0.25) is 9.48 Å². The summed E-state index contributed by atoms with van der Waals surface area (Å²) in [5, 5.41) is 8.60. The second kappa shape index (κ2) is 9.49. The van der Waals surface area contributed by atoms with Gasteiger partial charge in [0.2, 0.25) is 11.8 Å². The number of aromatic nitrogens is 3. The molecule has 4 rings (SSSR count). The molecule has 34 heavy (non-hydrogen) atoms. The number of nitrogens with one attached hydrogen (secondary N) is 1. The van der Waals surface area contributed by atoms with Gasteiger partial charge in [0.05, 0.1) is 35.0 Å². The largest absolute Gasteiger partial charge is 0.478 e. The molecule has 0 spiro atoms. The summed E-state index contributed by atoms with van der Waals surface area (Å²) in [7, 11) is -2.99. The molecule has 10 heteroatoms. The van der Waals surface area contributed by atoms with Gasteiger partial charge in [0.1, 0.15) is 9.84 Å². The molecule has 8 nitrogen and oxygen atoms in total. The van der Waals surface area contributed by atoms with Crippen molar-refractivity contribution in [2.24, 2.45) is 5.92 Å². The van der Waals surface area contributed by atoms with Crippen LogP contribution in [0.2, 0.25) is 5.02 Å². The quantitative estimate of drug-likeness (QED) is 0.637. The van der Waals surface area contributed by atoms with Gasteiger partial charge in [-0.15, -0.1) is 0 Å². The van der Waals surface area contributed by atoms with Gasteiger partial charge in [-0.2, -0.15) is 5.10 Å². The monoisotopic (exact) mass is 508 g/mol. The number of pyridine rings is 1. The molecule has 2 aromatic heterocycles. The van der Waals surface area contributed by atoms with Crippen LogP contribution in [-0.2, 0) is 27.5 Å². The lowest BCUT2D eigenvalue weighted by molar-refractivity contribution is -0.127. The molecule has 1 N–H and O–H groups in total. The summed E-state index contributed by atoms with van der Waals surface area (Å²) in [5.74, 6) is 0.560. The summed E-state index contributed by atoms with van der Waals surface area (Å²) in [6.07, 6.45) is 4.49. The highest BCUT2D eigenvalue weighted by molar-refractivity contribution is 7.91. The van der Waals surface area contributed by atoms with Gasteiger partial charge in [0, 0.05) is 46.8 Å². The summed E-state index contributed by atoms with van der Waals surface area (Å²) in [6, 6.07) is 1.95. The van der Waals surface area contributed by atoms with E-state index in [1.165, 1.54) is 0 Å².